The van der Waals surface area contributed by atoms with E-state index in [1.165, 1.54) is 0 Å². The lowest BCUT2D eigenvalue weighted by atomic mass is 9.95. The molecule has 0 N–H and O–H groups in total. The van der Waals surface area contributed by atoms with E-state index in [0.717, 1.165) is 84.6 Å². The van der Waals surface area contributed by atoms with Crippen LogP contribution in [0.1, 0.15) is 11.1 Å². The highest BCUT2D eigenvalue weighted by Crippen LogP contribution is 2.39. The maximum Gasteiger partial charge on any atom is 0.0462 e. The van der Waals surface area contributed by atoms with Gasteiger partial charge in [-0.15, -0.1) is 0 Å². The zero-order valence-corrected chi connectivity index (χ0v) is 35.8. The topological polar surface area (TPSA) is 9.72 Å². The number of rotatable bonds is 11. The Morgan fingerprint density at radius 3 is 0.692 bits per heavy atom. The van der Waals surface area contributed by atoms with Crippen LogP contribution in [0, 0.1) is 11.8 Å². The van der Waals surface area contributed by atoms with Crippen LogP contribution in [0.5, 0.6) is 0 Å². The fraction of sp³-hybridized carbons (Fsp3) is 0. The van der Waals surface area contributed by atoms with Gasteiger partial charge in [0.05, 0.1) is 0 Å². The predicted molar refractivity (Wildman–Crippen MR) is 274 cm³/mol. The molecular formula is C62H45N3. The van der Waals surface area contributed by atoms with Crippen molar-refractivity contribution >= 4 is 51.2 Å². The summed E-state index contributed by atoms with van der Waals surface area (Å²) >= 11 is 0. The van der Waals surface area contributed by atoms with Crippen LogP contribution in [-0.4, -0.2) is 0 Å². The zero-order chi connectivity index (χ0) is 43.6. The minimum Gasteiger partial charge on any atom is -0.311 e. The fourth-order valence-corrected chi connectivity index (χ4v) is 8.28. The second kappa shape index (κ2) is 19.1. The monoisotopic (exact) mass is 831 g/mol. The molecule has 0 saturated carbocycles. The molecule has 0 saturated heterocycles. The molecule has 3 nitrogen and oxygen atoms in total. The standard InChI is InChI=1S/C62H45N3/c1-7-19-54(20-8-1)63(55-21-9-2-10-22-55)60-39-33-48(34-40-60)31-32-49-45-52(50-35-41-61(42-36-50)64(56-23-11-3-12-24-56)57-25-13-4-14-26-57)47-53(46-49)51-37-43-62(44-38-51)65(58-27-15-5-16-28-58)59-29-17-6-18-30-59/h1-30,33-47H. The van der Waals surface area contributed by atoms with Gasteiger partial charge in [0, 0.05) is 62.3 Å². The molecule has 0 amide bonds. The van der Waals surface area contributed by atoms with Gasteiger partial charge in [-0.1, -0.05) is 145 Å². The molecule has 0 atom stereocenters. The van der Waals surface area contributed by atoms with Crippen molar-refractivity contribution in [3.8, 4) is 34.1 Å². The van der Waals surface area contributed by atoms with Gasteiger partial charge in [-0.2, -0.15) is 0 Å². The first-order chi connectivity index (χ1) is 32.2. The average Bonchev–Trinajstić information content (AvgIpc) is 3.39. The van der Waals surface area contributed by atoms with Crippen molar-refractivity contribution in [3.63, 3.8) is 0 Å². The Balaban J connectivity index is 1.02. The summed E-state index contributed by atoms with van der Waals surface area (Å²) in [6, 6.07) is 95.9. The van der Waals surface area contributed by atoms with Gasteiger partial charge in [-0.05, 0) is 162 Å². The Kier molecular flexibility index (Phi) is 11.8. The van der Waals surface area contributed by atoms with E-state index in [-0.39, 0.29) is 0 Å². The second-order valence-electron chi connectivity index (χ2n) is 15.7. The molecule has 0 aliphatic carbocycles. The van der Waals surface area contributed by atoms with Gasteiger partial charge in [0.25, 0.3) is 0 Å². The molecule has 0 heterocycles. The first kappa shape index (κ1) is 40.2. The zero-order valence-electron chi connectivity index (χ0n) is 35.8. The molecule has 0 aliphatic heterocycles. The summed E-state index contributed by atoms with van der Waals surface area (Å²) in [6.07, 6.45) is 0. The first-order valence-corrected chi connectivity index (χ1v) is 21.9. The third-order valence-corrected chi connectivity index (χ3v) is 11.4. The number of anilines is 9. The molecule has 10 aromatic rings. The predicted octanol–water partition coefficient (Wildman–Crippen LogP) is 16.8. The van der Waals surface area contributed by atoms with Crippen LogP contribution in [0.2, 0.25) is 0 Å². The van der Waals surface area contributed by atoms with Crippen LogP contribution >= 0.6 is 0 Å². The maximum atomic E-state index is 3.56. The van der Waals surface area contributed by atoms with E-state index in [4.69, 9.17) is 0 Å². The first-order valence-electron chi connectivity index (χ1n) is 21.9. The van der Waals surface area contributed by atoms with Crippen LogP contribution in [0.25, 0.3) is 22.3 Å². The average molecular weight is 832 g/mol. The highest BCUT2D eigenvalue weighted by molar-refractivity contribution is 5.83. The van der Waals surface area contributed by atoms with E-state index in [2.05, 4.69) is 287 Å². The Morgan fingerprint density at radius 1 is 0.185 bits per heavy atom. The quantitative estimate of drug-likeness (QED) is 0.120. The fourth-order valence-electron chi connectivity index (χ4n) is 8.28. The molecule has 0 radical (unpaired) electrons. The molecule has 0 aromatic heterocycles. The van der Waals surface area contributed by atoms with E-state index in [9.17, 15) is 0 Å². The van der Waals surface area contributed by atoms with Gasteiger partial charge in [0.1, 0.15) is 0 Å². The summed E-state index contributed by atoms with van der Waals surface area (Å²) in [4.78, 5) is 6.84. The largest absolute Gasteiger partial charge is 0.311 e. The number of benzene rings is 10. The van der Waals surface area contributed by atoms with E-state index in [1.807, 2.05) is 12.1 Å². The van der Waals surface area contributed by atoms with E-state index >= 15 is 0 Å². The van der Waals surface area contributed by atoms with Crippen LogP contribution < -0.4 is 14.7 Å². The third kappa shape index (κ3) is 9.20. The molecule has 0 bridgehead atoms. The van der Waals surface area contributed by atoms with Crippen molar-refractivity contribution in [2.24, 2.45) is 0 Å². The van der Waals surface area contributed by atoms with Crippen molar-refractivity contribution in [2.45, 2.75) is 0 Å². The summed E-state index contributed by atoms with van der Waals surface area (Å²) < 4.78 is 0. The number of hydrogen-bond donors (Lipinski definition) is 0. The van der Waals surface area contributed by atoms with Crippen LogP contribution in [-0.2, 0) is 0 Å². The highest BCUT2D eigenvalue weighted by Gasteiger charge is 2.15. The van der Waals surface area contributed by atoms with E-state index in [1.54, 1.807) is 0 Å². The summed E-state index contributed by atoms with van der Waals surface area (Å²) in [6.45, 7) is 0. The lowest BCUT2D eigenvalue weighted by Crippen LogP contribution is -2.09. The lowest BCUT2D eigenvalue weighted by Gasteiger charge is -2.25. The molecule has 3 heteroatoms. The summed E-state index contributed by atoms with van der Waals surface area (Å²) in [5, 5.41) is 0. The van der Waals surface area contributed by atoms with Crippen molar-refractivity contribution in [1.82, 2.24) is 0 Å². The highest BCUT2D eigenvalue weighted by atomic mass is 15.2. The van der Waals surface area contributed by atoms with Crippen molar-refractivity contribution in [1.29, 1.82) is 0 Å². The number of nitrogens with zero attached hydrogens (tertiary/aromatic N) is 3. The summed E-state index contributed by atoms with van der Waals surface area (Å²) in [7, 11) is 0. The molecule has 308 valence electrons. The Bertz CT molecular complexity index is 2880. The minimum atomic E-state index is 0.940. The van der Waals surface area contributed by atoms with Gasteiger partial charge in [-0.3, -0.25) is 0 Å². The van der Waals surface area contributed by atoms with E-state index in [0.29, 0.717) is 0 Å². The SMILES string of the molecule is C(#Cc1cc(-c2ccc(N(c3ccccc3)c3ccccc3)cc2)cc(-c2ccc(N(c3ccccc3)c3ccccc3)cc2)c1)c1ccc(N(c2ccccc2)c2ccccc2)cc1. The lowest BCUT2D eigenvalue weighted by molar-refractivity contribution is 1.28. The third-order valence-electron chi connectivity index (χ3n) is 11.4. The number of hydrogen-bond acceptors (Lipinski definition) is 3. The number of para-hydroxylation sites is 6. The van der Waals surface area contributed by atoms with Crippen molar-refractivity contribution in [2.75, 3.05) is 14.7 Å². The van der Waals surface area contributed by atoms with Gasteiger partial charge in [-0.25, -0.2) is 0 Å². The molecule has 0 aliphatic rings. The second-order valence-corrected chi connectivity index (χ2v) is 15.7. The van der Waals surface area contributed by atoms with Crippen LogP contribution in [0.15, 0.2) is 273 Å². The Morgan fingerprint density at radius 2 is 0.415 bits per heavy atom. The Labute approximate surface area is 382 Å². The van der Waals surface area contributed by atoms with Crippen LogP contribution in [0.3, 0.4) is 0 Å². The maximum absolute atomic E-state index is 3.56. The van der Waals surface area contributed by atoms with Gasteiger partial charge in [0.15, 0.2) is 0 Å². The Hall–Kier alpha value is -8.84. The minimum absolute atomic E-state index is 0.940. The van der Waals surface area contributed by atoms with Crippen molar-refractivity contribution in [3.05, 3.63) is 284 Å². The molecule has 65 heavy (non-hydrogen) atoms. The molecule has 10 rings (SSSR count). The summed E-state index contributed by atoms with van der Waals surface area (Å²) in [5.41, 5.74) is 16.2. The van der Waals surface area contributed by atoms with Gasteiger partial charge < -0.3 is 14.7 Å². The molecular weight excluding hydrogens is 787 g/mol. The molecule has 0 spiro atoms. The van der Waals surface area contributed by atoms with E-state index < -0.39 is 0 Å². The van der Waals surface area contributed by atoms with Gasteiger partial charge in [0.2, 0.25) is 0 Å². The summed E-state index contributed by atoms with van der Waals surface area (Å²) in [5.74, 6) is 7.06. The van der Waals surface area contributed by atoms with Crippen molar-refractivity contribution < 1.29 is 0 Å². The molecule has 0 fully saturated rings. The molecule has 0 unspecified atom stereocenters. The normalized spacial score (nSPS) is 10.6. The molecule has 10 aromatic carbocycles. The smallest absolute Gasteiger partial charge is 0.0462 e. The van der Waals surface area contributed by atoms with Crippen LogP contribution in [0.4, 0.5) is 51.2 Å². The van der Waals surface area contributed by atoms with Gasteiger partial charge >= 0.3 is 0 Å².